The van der Waals surface area contributed by atoms with Crippen molar-refractivity contribution < 1.29 is 19.2 Å². The zero-order valence-electron chi connectivity index (χ0n) is 6.64. The van der Waals surface area contributed by atoms with E-state index in [1.807, 2.05) is 0 Å². The van der Waals surface area contributed by atoms with E-state index in [0.29, 0.717) is 11.5 Å². The van der Waals surface area contributed by atoms with Crippen molar-refractivity contribution in [1.82, 2.24) is 0 Å². The maximum Gasteiger partial charge on any atom is 0.348 e. The SMILES string of the molecule is O=C(O)C1CC(c2ccco2)=NO1. The summed E-state index contributed by atoms with van der Waals surface area (Å²) in [6.45, 7) is 0. The minimum absolute atomic E-state index is 0.253. The molecule has 1 aliphatic rings. The summed E-state index contributed by atoms with van der Waals surface area (Å²) in [6.07, 6.45) is 0.884. The van der Waals surface area contributed by atoms with Crippen LogP contribution in [0.3, 0.4) is 0 Å². The molecule has 1 aromatic heterocycles. The first-order chi connectivity index (χ1) is 6.27. The number of oxime groups is 1. The molecule has 0 amide bonds. The lowest BCUT2D eigenvalue weighted by atomic mass is 10.1. The van der Waals surface area contributed by atoms with Gasteiger partial charge in [0.25, 0.3) is 0 Å². The number of carboxylic acids is 1. The zero-order valence-corrected chi connectivity index (χ0v) is 6.64. The Hall–Kier alpha value is -1.78. The molecular weight excluding hydrogens is 174 g/mol. The molecule has 5 nitrogen and oxygen atoms in total. The van der Waals surface area contributed by atoms with Crippen LogP contribution in [0.15, 0.2) is 28.0 Å². The summed E-state index contributed by atoms with van der Waals surface area (Å²) < 4.78 is 5.04. The van der Waals surface area contributed by atoms with Crippen LogP contribution in [0.1, 0.15) is 12.2 Å². The van der Waals surface area contributed by atoms with Gasteiger partial charge in [-0.2, -0.15) is 0 Å². The fourth-order valence-electron chi connectivity index (χ4n) is 1.10. The van der Waals surface area contributed by atoms with E-state index in [-0.39, 0.29) is 6.42 Å². The highest BCUT2D eigenvalue weighted by Gasteiger charge is 2.29. The predicted molar refractivity (Wildman–Crippen MR) is 42.4 cm³/mol. The van der Waals surface area contributed by atoms with Crippen LogP contribution < -0.4 is 0 Å². The van der Waals surface area contributed by atoms with E-state index >= 15 is 0 Å². The summed E-state index contributed by atoms with van der Waals surface area (Å²) in [6, 6.07) is 3.43. The van der Waals surface area contributed by atoms with Crippen LogP contribution >= 0.6 is 0 Å². The van der Waals surface area contributed by atoms with Crippen LogP contribution in [0.5, 0.6) is 0 Å². The van der Waals surface area contributed by atoms with Crippen molar-refractivity contribution in [3.8, 4) is 0 Å². The normalized spacial score (nSPS) is 20.9. The Morgan fingerprint density at radius 1 is 1.69 bits per heavy atom. The zero-order chi connectivity index (χ0) is 9.26. The molecule has 1 atom stereocenters. The molecule has 0 saturated carbocycles. The molecule has 0 bridgehead atoms. The van der Waals surface area contributed by atoms with Gasteiger partial charge in [-0.05, 0) is 12.1 Å². The van der Waals surface area contributed by atoms with Crippen molar-refractivity contribution in [2.24, 2.45) is 5.16 Å². The Bertz CT molecular complexity index is 341. The lowest BCUT2D eigenvalue weighted by molar-refractivity contribution is -0.148. The van der Waals surface area contributed by atoms with Crippen molar-refractivity contribution in [3.05, 3.63) is 24.2 Å². The largest absolute Gasteiger partial charge is 0.478 e. The lowest BCUT2D eigenvalue weighted by Crippen LogP contribution is -2.19. The number of furan rings is 1. The third-order valence-corrected chi connectivity index (χ3v) is 1.75. The molecule has 2 rings (SSSR count). The first-order valence-corrected chi connectivity index (χ1v) is 3.77. The second kappa shape index (κ2) is 2.93. The Balaban J connectivity index is 2.10. The molecule has 13 heavy (non-hydrogen) atoms. The number of carboxylic acid groups (broad SMARTS) is 1. The Morgan fingerprint density at radius 3 is 3.08 bits per heavy atom. The molecule has 0 fully saturated rings. The number of hydrogen-bond donors (Lipinski definition) is 1. The topological polar surface area (TPSA) is 72.0 Å². The second-order valence-corrected chi connectivity index (χ2v) is 2.65. The van der Waals surface area contributed by atoms with Gasteiger partial charge in [-0.3, -0.25) is 0 Å². The van der Waals surface area contributed by atoms with E-state index in [4.69, 9.17) is 9.52 Å². The maximum atomic E-state index is 10.5. The molecular formula is C8H7NO4. The van der Waals surface area contributed by atoms with E-state index in [0.717, 1.165) is 0 Å². The smallest absolute Gasteiger partial charge is 0.348 e. The molecule has 0 spiro atoms. The van der Waals surface area contributed by atoms with Gasteiger partial charge >= 0.3 is 5.97 Å². The third-order valence-electron chi connectivity index (χ3n) is 1.75. The maximum absolute atomic E-state index is 10.5. The number of aliphatic carboxylic acids is 1. The van der Waals surface area contributed by atoms with Gasteiger partial charge in [-0.1, -0.05) is 5.16 Å². The summed E-state index contributed by atoms with van der Waals surface area (Å²) >= 11 is 0. The van der Waals surface area contributed by atoms with E-state index in [1.54, 1.807) is 12.1 Å². The second-order valence-electron chi connectivity index (χ2n) is 2.65. The number of nitrogens with zero attached hydrogens (tertiary/aromatic N) is 1. The van der Waals surface area contributed by atoms with Gasteiger partial charge in [0.2, 0.25) is 6.10 Å². The quantitative estimate of drug-likeness (QED) is 0.734. The Kier molecular flexibility index (Phi) is 1.77. The first kappa shape index (κ1) is 7.85. The number of hydrogen-bond acceptors (Lipinski definition) is 4. The number of carbonyl (C=O) groups is 1. The monoisotopic (exact) mass is 181 g/mol. The van der Waals surface area contributed by atoms with Crippen molar-refractivity contribution >= 4 is 11.7 Å². The molecule has 0 aromatic carbocycles. The molecule has 0 aliphatic carbocycles. The average Bonchev–Trinajstić information content (AvgIpc) is 2.75. The van der Waals surface area contributed by atoms with Crippen LogP contribution in [-0.4, -0.2) is 22.9 Å². The highest BCUT2D eigenvalue weighted by atomic mass is 16.7. The van der Waals surface area contributed by atoms with Gasteiger partial charge in [0, 0.05) is 6.42 Å². The van der Waals surface area contributed by atoms with Gasteiger partial charge in [0.1, 0.15) is 5.71 Å². The highest BCUT2D eigenvalue weighted by molar-refractivity contribution is 6.01. The van der Waals surface area contributed by atoms with E-state index < -0.39 is 12.1 Å². The standard InChI is InChI=1S/C8H7NO4/c10-8(11)7-4-5(9-13-7)6-2-1-3-12-6/h1-3,7H,4H2,(H,10,11). The van der Waals surface area contributed by atoms with E-state index in [1.165, 1.54) is 6.26 Å². The van der Waals surface area contributed by atoms with Crippen molar-refractivity contribution in [3.63, 3.8) is 0 Å². The highest BCUT2D eigenvalue weighted by Crippen LogP contribution is 2.16. The fraction of sp³-hybridized carbons (Fsp3) is 0.250. The van der Waals surface area contributed by atoms with Crippen molar-refractivity contribution in [2.45, 2.75) is 12.5 Å². The minimum atomic E-state index is -1.01. The fourth-order valence-corrected chi connectivity index (χ4v) is 1.10. The van der Waals surface area contributed by atoms with Crippen LogP contribution in [0.4, 0.5) is 0 Å². The molecule has 1 aromatic rings. The summed E-state index contributed by atoms with van der Waals surface area (Å²) in [5.74, 6) is -0.450. The predicted octanol–water partition coefficient (Wildman–Crippen LogP) is 0.857. The van der Waals surface area contributed by atoms with Gasteiger partial charge in [-0.15, -0.1) is 0 Å². The summed E-state index contributed by atoms with van der Waals surface area (Å²) in [5, 5.41) is 12.2. The van der Waals surface area contributed by atoms with Gasteiger partial charge in [0.15, 0.2) is 5.76 Å². The third kappa shape index (κ3) is 1.40. The molecule has 1 unspecified atom stereocenters. The van der Waals surface area contributed by atoms with Gasteiger partial charge in [-0.25, -0.2) is 4.79 Å². The molecule has 1 N–H and O–H groups in total. The Labute approximate surface area is 73.6 Å². The van der Waals surface area contributed by atoms with E-state index in [2.05, 4.69) is 9.99 Å². The molecule has 2 heterocycles. The summed E-state index contributed by atoms with van der Waals surface area (Å²) in [5.41, 5.74) is 0.539. The minimum Gasteiger partial charge on any atom is -0.478 e. The number of rotatable bonds is 2. The van der Waals surface area contributed by atoms with Crippen LogP contribution in [0, 0.1) is 0 Å². The summed E-state index contributed by atoms with van der Waals surface area (Å²) in [7, 11) is 0. The van der Waals surface area contributed by atoms with Crippen molar-refractivity contribution in [1.29, 1.82) is 0 Å². The first-order valence-electron chi connectivity index (χ1n) is 3.77. The van der Waals surface area contributed by atoms with Gasteiger partial charge < -0.3 is 14.4 Å². The van der Waals surface area contributed by atoms with E-state index in [9.17, 15) is 4.79 Å². The van der Waals surface area contributed by atoms with Gasteiger partial charge in [0.05, 0.1) is 6.26 Å². The Morgan fingerprint density at radius 2 is 2.54 bits per heavy atom. The molecule has 5 heteroatoms. The molecule has 0 radical (unpaired) electrons. The molecule has 0 saturated heterocycles. The molecule has 1 aliphatic heterocycles. The molecule has 68 valence electrons. The van der Waals surface area contributed by atoms with Crippen molar-refractivity contribution in [2.75, 3.05) is 0 Å². The lowest BCUT2D eigenvalue weighted by Gasteiger charge is -1.98. The van der Waals surface area contributed by atoms with Crippen LogP contribution in [-0.2, 0) is 9.63 Å². The van der Waals surface area contributed by atoms with Crippen LogP contribution in [0.2, 0.25) is 0 Å². The summed E-state index contributed by atoms with van der Waals surface area (Å²) in [4.78, 5) is 15.2. The van der Waals surface area contributed by atoms with Crippen LogP contribution in [0.25, 0.3) is 0 Å². The average molecular weight is 181 g/mol.